The molecule has 4 N–H and O–H groups in total. The Morgan fingerprint density at radius 1 is 0.960 bits per heavy atom. The first-order valence-electron chi connectivity index (χ1n) is 9.21. The van der Waals surface area contributed by atoms with Gasteiger partial charge < -0.3 is 20.4 Å². The van der Waals surface area contributed by atoms with Crippen molar-refractivity contribution in [2.24, 2.45) is 0 Å². The molecule has 0 heterocycles. The van der Waals surface area contributed by atoms with Gasteiger partial charge in [0, 0.05) is 6.42 Å². The molecule has 3 atom stereocenters. The minimum absolute atomic E-state index is 0.186. The number of carboxylic acid groups (broad SMARTS) is 1. The van der Waals surface area contributed by atoms with Gasteiger partial charge in [0.25, 0.3) is 0 Å². The molecule has 0 spiro atoms. The lowest BCUT2D eigenvalue weighted by Crippen LogP contribution is -2.23. The summed E-state index contributed by atoms with van der Waals surface area (Å²) in [7, 11) is 0. The van der Waals surface area contributed by atoms with Gasteiger partial charge in [0.15, 0.2) is 0 Å². The van der Waals surface area contributed by atoms with Crippen molar-refractivity contribution < 1.29 is 25.2 Å². The molecule has 0 aromatic carbocycles. The number of hydrogen-bond donors (Lipinski definition) is 4. The number of carbonyl (C=O) groups is 1. The van der Waals surface area contributed by atoms with E-state index in [0.29, 0.717) is 25.7 Å². The second-order valence-electron chi connectivity index (χ2n) is 6.21. The highest BCUT2D eigenvalue weighted by Gasteiger charge is 2.11. The predicted octanol–water partition coefficient (Wildman–Crippen LogP) is 3.35. The number of aliphatic hydroxyl groups excluding tert-OH is 3. The summed E-state index contributed by atoms with van der Waals surface area (Å²) in [4.78, 5) is 10.3. The molecule has 0 amide bonds. The fourth-order valence-corrected chi connectivity index (χ4v) is 2.21. The number of allylic oxidation sites excluding steroid dienone is 3. The van der Waals surface area contributed by atoms with Crippen LogP contribution in [0, 0.1) is 0 Å². The van der Waals surface area contributed by atoms with E-state index in [2.05, 4.69) is 6.92 Å². The molecule has 0 rings (SSSR count). The van der Waals surface area contributed by atoms with Gasteiger partial charge in [-0.2, -0.15) is 0 Å². The lowest BCUT2D eigenvalue weighted by molar-refractivity contribution is -0.137. The first kappa shape index (κ1) is 23.6. The SMILES string of the molecule is CCCCCC(O)/C=C/C(O)C(O)C/C=C\C/C=C/CCCC(=O)O. The Labute approximate surface area is 151 Å². The van der Waals surface area contributed by atoms with Crippen molar-refractivity contribution in [2.75, 3.05) is 0 Å². The van der Waals surface area contributed by atoms with Crippen LogP contribution in [0.1, 0.15) is 64.7 Å². The van der Waals surface area contributed by atoms with Crippen molar-refractivity contribution in [3.63, 3.8) is 0 Å². The lowest BCUT2D eigenvalue weighted by Gasteiger charge is -2.13. The summed E-state index contributed by atoms with van der Waals surface area (Å²) in [5.74, 6) is -0.775. The van der Waals surface area contributed by atoms with Crippen LogP contribution in [-0.2, 0) is 4.79 Å². The molecule has 5 nitrogen and oxygen atoms in total. The fourth-order valence-electron chi connectivity index (χ4n) is 2.21. The van der Waals surface area contributed by atoms with Crippen LogP contribution in [0.15, 0.2) is 36.5 Å². The Morgan fingerprint density at radius 2 is 1.68 bits per heavy atom. The standard InChI is InChI=1S/C20H34O5/c1-2-3-9-12-17(21)15-16-19(23)18(22)13-10-7-5-4-6-8-11-14-20(24)25/h4,6-7,10,15-19,21-23H,2-3,5,8-9,11-14H2,1H3,(H,24,25)/b6-4+,10-7-,16-15+. The third kappa shape index (κ3) is 15.8. The van der Waals surface area contributed by atoms with Gasteiger partial charge in [0.2, 0.25) is 0 Å². The molecule has 0 aliphatic heterocycles. The molecule has 3 unspecified atom stereocenters. The van der Waals surface area contributed by atoms with E-state index in [4.69, 9.17) is 5.11 Å². The fraction of sp³-hybridized carbons (Fsp3) is 0.650. The van der Waals surface area contributed by atoms with Gasteiger partial charge in [-0.25, -0.2) is 0 Å². The topological polar surface area (TPSA) is 98.0 Å². The smallest absolute Gasteiger partial charge is 0.303 e. The van der Waals surface area contributed by atoms with Crippen LogP contribution in [0.2, 0.25) is 0 Å². The summed E-state index contributed by atoms with van der Waals surface area (Å²) in [5.41, 5.74) is 0. The van der Waals surface area contributed by atoms with Gasteiger partial charge in [-0.3, -0.25) is 4.79 Å². The largest absolute Gasteiger partial charge is 0.481 e. The molecule has 0 saturated carbocycles. The molecular weight excluding hydrogens is 320 g/mol. The first-order chi connectivity index (χ1) is 12.0. The molecule has 144 valence electrons. The predicted molar refractivity (Wildman–Crippen MR) is 100 cm³/mol. The maximum atomic E-state index is 10.3. The summed E-state index contributed by atoms with van der Waals surface area (Å²) in [5, 5.41) is 37.9. The molecule has 0 saturated heterocycles. The van der Waals surface area contributed by atoms with Crippen molar-refractivity contribution in [3.05, 3.63) is 36.5 Å². The van der Waals surface area contributed by atoms with Crippen LogP contribution < -0.4 is 0 Å². The summed E-state index contributed by atoms with van der Waals surface area (Å²) in [6, 6.07) is 0. The number of aliphatic hydroxyl groups is 3. The minimum atomic E-state index is -0.989. The van der Waals surface area contributed by atoms with Crippen molar-refractivity contribution in [3.8, 4) is 0 Å². The summed E-state index contributed by atoms with van der Waals surface area (Å²) >= 11 is 0. The molecule has 0 aromatic rings. The molecule has 5 heteroatoms. The number of unbranched alkanes of at least 4 members (excludes halogenated alkanes) is 3. The Balaban J connectivity index is 3.86. The second-order valence-corrected chi connectivity index (χ2v) is 6.21. The van der Waals surface area contributed by atoms with Crippen molar-refractivity contribution in [2.45, 2.75) is 83.0 Å². The van der Waals surface area contributed by atoms with Crippen molar-refractivity contribution in [1.29, 1.82) is 0 Å². The average molecular weight is 354 g/mol. The van der Waals surface area contributed by atoms with Gasteiger partial charge in [0.05, 0.1) is 18.3 Å². The van der Waals surface area contributed by atoms with Crippen LogP contribution in [0.25, 0.3) is 0 Å². The molecule has 0 fully saturated rings. The van der Waals surface area contributed by atoms with E-state index in [0.717, 1.165) is 25.7 Å². The van der Waals surface area contributed by atoms with E-state index in [-0.39, 0.29) is 6.42 Å². The number of hydrogen-bond acceptors (Lipinski definition) is 4. The Kier molecular flexibility index (Phi) is 15.1. The number of aliphatic carboxylic acids is 1. The molecule has 0 radical (unpaired) electrons. The maximum absolute atomic E-state index is 10.3. The summed E-state index contributed by atoms with van der Waals surface area (Å²) < 4.78 is 0. The van der Waals surface area contributed by atoms with Crippen LogP contribution in [0.4, 0.5) is 0 Å². The monoisotopic (exact) mass is 354 g/mol. The van der Waals surface area contributed by atoms with Crippen molar-refractivity contribution in [1.82, 2.24) is 0 Å². The molecule has 0 aliphatic rings. The van der Waals surface area contributed by atoms with Gasteiger partial charge >= 0.3 is 5.97 Å². The normalized spacial score (nSPS) is 16.0. The quantitative estimate of drug-likeness (QED) is 0.267. The number of rotatable bonds is 15. The summed E-state index contributed by atoms with van der Waals surface area (Å²) in [6.45, 7) is 2.10. The van der Waals surface area contributed by atoms with E-state index >= 15 is 0 Å². The summed E-state index contributed by atoms with van der Waals surface area (Å²) in [6.07, 6.45) is 14.6. The molecular formula is C20H34O5. The van der Waals surface area contributed by atoms with Crippen LogP contribution >= 0.6 is 0 Å². The Morgan fingerprint density at radius 3 is 2.36 bits per heavy atom. The molecule has 0 aromatic heterocycles. The zero-order valence-corrected chi connectivity index (χ0v) is 15.3. The zero-order chi connectivity index (χ0) is 18.9. The highest BCUT2D eigenvalue weighted by molar-refractivity contribution is 5.66. The van der Waals surface area contributed by atoms with E-state index < -0.39 is 24.3 Å². The minimum Gasteiger partial charge on any atom is -0.481 e. The maximum Gasteiger partial charge on any atom is 0.303 e. The first-order valence-corrected chi connectivity index (χ1v) is 9.21. The van der Waals surface area contributed by atoms with E-state index in [1.54, 1.807) is 12.2 Å². The zero-order valence-electron chi connectivity index (χ0n) is 15.3. The number of carboxylic acids is 1. The van der Waals surface area contributed by atoms with Crippen LogP contribution in [0.5, 0.6) is 0 Å². The third-order valence-corrected chi connectivity index (χ3v) is 3.77. The third-order valence-electron chi connectivity index (χ3n) is 3.77. The van der Waals surface area contributed by atoms with Crippen LogP contribution in [-0.4, -0.2) is 44.7 Å². The molecule has 25 heavy (non-hydrogen) atoms. The van der Waals surface area contributed by atoms with Crippen LogP contribution in [0.3, 0.4) is 0 Å². The van der Waals surface area contributed by atoms with Crippen molar-refractivity contribution >= 4 is 5.97 Å². The molecule has 0 aliphatic carbocycles. The van der Waals surface area contributed by atoms with E-state index in [1.165, 1.54) is 6.08 Å². The Hall–Kier alpha value is -1.43. The average Bonchev–Trinajstić information content (AvgIpc) is 2.57. The van der Waals surface area contributed by atoms with Gasteiger partial charge in [-0.1, -0.05) is 62.6 Å². The van der Waals surface area contributed by atoms with Gasteiger partial charge in [0.1, 0.15) is 0 Å². The van der Waals surface area contributed by atoms with Gasteiger partial charge in [-0.05, 0) is 32.1 Å². The van der Waals surface area contributed by atoms with E-state index in [1.807, 2.05) is 18.2 Å². The highest BCUT2D eigenvalue weighted by atomic mass is 16.4. The highest BCUT2D eigenvalue weighted by Crippen LogP contribution is 2.07. The Bertz CT molecular complexity index is 414. The molecule has 0 bridgehead atoms. The second kappa shape index (κ2) is 16.1. The van der Waals surface area contributed by atoms with Gasteiger partial charge in [-0.15, -0.1) is 0 Å². The van der Waals surface area contributed by atoms with E-state index in [9.17, 15) is 20.1 Å². The lowest BCUT2D eigenvalue weighted by atomic mass is 10.1.